The molecule has 0 aliphatic rings. The van der Waals surface area contributed by atoms with E-state index < -0.39 is 6.10 Å². The standard InChI is InChI=1S/C24H31N3O2/c1-6-9-23(29)21(16(4)7-2)10-17(5)20(8-3)22-11-18-14-26-24(27-15-28)12-19(18)13-25-22/h8,10-15,23,29H,6-7,9H2,1-5H3,(H,26,27,28)/b17-10-,20-8+,21-16-. The summed E-state index contributed by atoms with van der Waals surface area (Å²) >= 11 is 0. The Labute approximate surface area is 173 Å². The van der Waals surface area contributed by atoms with E-state index in [2.05, 4.69) is 49.1 Å². The maximum atomic E-state index is 10.6. The average Bonchev–Trinajstić information content (AvgIpc) is 2.72. The molecule has 2 aromatic heterocycles. The van der Waals surface area contributed by atoms with Gasteiger partial charge in [0.2, 0.25) is 6.41 Å². The highest BCUT2D eigenvalue weighted by atomic mass is 16.3. The summed E-state index contributed by atoms with van der Waals surface area (Å²) in [7, 11) is 0. The number of pyridine rings is 2. The van der Waals surface area contributed by atoms with Crippen molar-refractivity contribution >= 4 is 28.6 Å². The minimum Gasteiger partial charge on any atom is -0.388 e. The summed E-state index contributed by atoms with van der Waals surface area (Å²) in [5.41, 5.74) is 5.13. The highest BCUT2D eigenvalue weighted by Crippen LogP contribution is 2.28. The quantitative estimate of drug-likeness (QED) is 0.440. The summed E-state index contributed by atoms with van der Waals surface area (Å²) in [5, 5.41) is 15.0. The van der Waals surface area contributed by atoms with Crippen LogP contribution in [0.1, 0.15) is 59.6 Å². The molecule has 154 valence electrons. The molecule has 0 saturated heterocycles. The molecule has 2 N–H and O–H groups in total. The molecule has 0 aromatic carbocycles. The number of anilines is 1. The highest BCUT2D eigenvalue weighted by Gasteiger charge is 2.13. The van der Waals surface area contributed by atoms with Gasteiger partial charge in [-0.3, -0.25) is 9.78 Å². The van der Waals surface area contributed by atoms with Gasteiger partial charge in [0, 0.05) is 23.2 Å². The molecule has 2 rings (SSSR count). The fourth-order valence-electron chi connectivity index (χ4n) is 3.35. The topological polar surface area (TPSA) is 75.1 Å². The lowest BCUT2D eigenvalue weighted by Gasteiger charge is -2.17. The predicted molar refractivity (Wildman–Crippen MR) is 121 cm³/mol. The fourth-order valence-corrected chi connectivity index (χ4v) is 3.35. The number of aliphatic hydroxyl groups is 1. The molecular weight excluding hydrogens is 362 g/mol. The summed E-state index contributed by atoms with van der Waals surface area (Å²) < 4.78 is 0. The van der Waals surface area contributed by atoms with Gasteiger partial charge in [0.25, 0.3) is 0 Å². The zero-order valence-corrected chi connectivity index (χ0v) is 18.0. The number of nitrogens with one attached hydrogen (secondary N) is 1. The SMILES string of the molecule is C\C=C(/C(C)=C\C(=C(/C)CC)C(O)CCC)c1cc2cnc(NC=O)cc2cn1. The Hall–Kier alpha value is -2.79. The van der Waals surface area contributed by atoms with Crippen LogP contribution in [0.4, 0.5) is 5.82 Å². The first-order valence-corrected chi connectivity index (χ1v) is 10.1. The van der Waals surface area contributed by atoms with E-state index in [1.54, 1.807) is 18.5 Å². The first-order chi connectivity index (χ1) is 13.9. The smallest absolute Gasteiger partial charge is 0.212 e. The van der Waals surface area contributed by atoms with Crippen LogP contribution >= 0.6 is 0 Å². The number of aromatic nitrogens is 2. The second-order valence-corrected chi connectivity index (χ2v) is 7.17. The molecule has 5 heteroatoms. The van der Waals surface area contributed by atoms with Gasteiger partial charge in [0.05, 0.1) is 11.8 Å². The van der Waals surface area contributed by atoms with Gasteiger partial charge in [-0.2, -0.15) is 0 Å². The van der Waals surface area contributed by atoms with E-state index >= 15 is 0 Å². The number of aliphatic hydroxyl groups excluding tert-OH is 1. The molecule has 0 aliphatic heterocycles. The van der Waals surface area contributed by atoms with Crippen LogP contribution in [0, 0.1) is 0 Å². The third kappa shape index (κ3) is 5.61. The summed E-state index contributed by atoms with van der Waals surface area (Å²) in [6, 6.07) is 3.79. The Kier molecular flexibility index (Phi) is 8.28. The van der Waals surface area contributed by atoms with E-state index in [0.29, 0.717) is 12.2 Å². The average molecular weight is 394 g/mol. The number of allylic oxidation sites excluding steroid dienone is 4. The third-order valence-corrected chi connectivity index (χ3v) is 5.12. The highest BCUT2D eigenvalue weighted by molar-refractivity contribution is 5.89. The number of nitrogens with zero attached hydrogens (tertiary/aromatic N) is 2. The minimum atomic E-state index is -0.453. The minimum absolute atomic E-state index is 0.453. The number of hydrogen-bond acceptors (Lipinski definition) is 4. The van der Waals surface area contributed by atoms with Crippen molar-refractivity contribution in [1.29, 1.82) is 0 Å². The Morgan fingerprint density at radius 3 is 2.48 bits per heavy atom. The predicted octanol–water partition coefficient (Wildman–Crippen LogP) is 5.44. The van der Waals surface area contributed by atoms with Crippen molar-refractivity contribution in [3.8, 4) is 0 Å². The van der Waals surface area contributed by atoms with Gasteiger partial charge >= 0.3 is 0 Å². The van der Waals surface area contributed by atoms with Gasteiger partial charge in [-0.15, -0.1) is 0 Å². The first-order valence-electron chi connectivity index (χ1n) is 10.1. The maximum Gasteiger partial charge on any atom is 0.212 e. The van der Waals surface area contributed by atoms with Crippen LogP contribution in [-0.4, -0.2) is 27.6 Å². The molecule has 5 nitrogen and oxygen atoms in total. The van der Waals surface area contributed by atoms with Crippen LogP contribution in [0.2, 0.25) is 0 Å². The van der Waals surface area contributed by atoms with Crippen molar-refractivity contribution in [3.63, 3.8) is 0 Å². The van der Waals surface area contributed by atoms with Crippen LogP contribution in [0.5, 0.6) is 0 Å². The molecular formula is C24H31N3O2. The zero-order valence-electron chi connectivity index (χ0n) is 18.0. The van der Waals surface area contributed by atoms with Crippen LogP contribution in [0.3, 0.4) is 0 Å². The van der Waals surface area contributed by atoms with E-state index in [4.69, 9.17) is 0 Å². The van der Waals surface area contributed by atoms with Crippen molar-refractivity contribution < 1.29 is 9.90 Å². The zero-order chi connectivity index (χ0) is 21.4. The number of fused-ring (bicyclic) bond motifs is 1. The largest absolute Gasteiger partial charge is 0.388 e. The number of hydrogen-bond donors (Lipinski definition) is 2. The lowest BCUT2D eigenvalue weighted by molar-refractivity contribution is -0.105. The summed E-state index contributed by atoms with van der Waals surface area (Å²) in [6.45, 7) is 10.3. The van der Waals surface area contributed by atoms with Crippen LogP contribution < -0.4 is 5.32 Å². The van der Waals surface area contributed by atoms with Crippen molar-refractivity contribution in [2.75, 3.05) is 5.32 Å². The maximum absolute atomic E-state index is 10.6. The Morgan fingerprint density at radius 2 is 1.86 bits per heavy atom. The molecule has 0 saturated carbocycles. The van der Waals surface area contributed by atoms with E-state index in [0.717, 1.165) is 52.4 Å². The molecule has 2 aromatic rings. The van der Waals surface area contributed by atoms with Gasteiger partial charge in [0.15, 0.2) is 0 Å². The molecule has 1 unspecified atom stereocenters. The third-order valence-electron chi connectivity index (χ3n) is 5.12. The van der Waals surface area contributed by atoms with Crippen molar-refractivity contribution in [2.24, 2.45) is 0 Å². The van der Waals surface area contributed by atoms with E-state index in [1.165, 1.54) is 5.57 Å². The molecule has 0 fully saturated rings. The van der Waals surface area contributed by atoms with E-state index in [-0.39, 0.29) is 0 Å². The van der Waals surface area contributed by atoms with Gasteiger partial charge in [0.1, 0.15) is 5.82 Å². The molecule has 2 heterocycles. The Bertz CT molecular complexity index is 958. The van der Waals surface area contributed by atoms with Crippen molar-refractivity contribution in [1.82, 2.24) is 9.97 Å². The molecule has 1 amide bonds. The second kappa shape index (κ2) is 10.7. The summed E-state index contributed by atoms with van der Waals surface area (Å²) in [4.78, 5) is 19.5. The Balaban J connectivity index is 2.44. The van der Waals surface area contributed by atoms with Crippen LogP contribution in [-0.2, 0) is 4.79 Å². The van der Waals surface area contributed by atoms with Gasteiger partial charge in [-0.05, 0) is 62.5 Å². The summed E-state index contributed by atoms with van der Waals surface area (Å²) in [6.07, 6.45) is 10.4. The molecule has 0 bridgehead atoms. The fraction of sp³-hybridized carbons (Fsp3) is 0.375. The summed E-state index contributed by atoms with van der Waals surface area (Å²) in [5.74, 6) is 0.499. The number of carbonyl (C=O) groups is 1. The second-order valence-electron chi connectivity index (χ2n) is 7.17. The number of rotatable bonds is 9. The normalized spacial score (nSPS) is 14.6. The first kappa shape index (κ1) is 22.5. The van der Waals surface area contributed by atoms with Crippen LogP contribution in [0.15, 0.2) is 53.4 Å². The molecule has 0 spiro atoms. The molecule has 0 aliphatic carbocycles. The van der Waals surface area contributed by atoms with Crippen molar-refractivity contribution in [2.45, 2.75) is 60.0 Å². The van der Waals surface area contributed by atoms with E-state index in [1.807, 2.05) is 19.1 Å². The number of amides is 1. The van der Waals surface area contributed by atoms with Gasteiger partial charge < -0.3 is 10.4 Å². The molecule has 29 heavy (non-hydrogen) atoms. The Morgan fingerprint density at radius 1 is 1.17 bits per heavy atom. The number of carbonyl (C=O) groups excluding carboxylic acids is 1. The van der Waals surface area contributed by atoms with Gasteiger partial charge in [-0.1, -0.05) is 38.0 Å². The molecule has 0 radical (unpaired) electrons. The van der Waals surface area contributed by atoms with Gasteiger partial charge in [-0.25, -0.2) is 4.98 Å². The monoisotopic (exact) mass is 393 g/mol. The lowest BCUT2D eigenvalue weighted by Crippen LogP contribution is -2.11. The molecule has 1 atom stereocenters. The van der Waals surface area contributed by atoms with Crippen LogP contribution in [0.25, 0.3) is 16.3 Å². The van der Waals surface area contributed by atoms with E-state index in [9.17, 15) is 9.90 Å². The van der Waals surface area contributed by atoms with Crippen molar-refractivity contribution in [3.05, 3.63) is 59.1 Å². The lowest BCUT2D eigenvalue weighted by atomic mass is 9.93.